The number of fused-ring (bicyclic) bond motifs is 1. The van der Waals surface area contributed by atoms with Gasteiger partial charge < -0.3 is 20.3 Å². The van der Waals surface area contributed by atoms with Crippen molar-refractivity contribution in [3.8, 4) is 0 Å². The highest BCUT2D eigenvalue weighted by Crippen LogP contribution is 2.18. The summed E-state index contributed by atoms with van der Waals surface area (Å²) in [6.45, 7) is 3.00. The van der Waals surface area contributed by atoms with E-state index in [9.17, 15) is 22.8 Å². The largest absolute Gasteiger partial charge is 0.449 e. The Morgan fingerprint density at radius 1 is 1.10 bits per heavy atom. The van der Waals surface area contributed by atoms with E-state index in [0.29, 0.717) is 11.4 Å². The summed E-state index contributed by atoms with van der Waals surface area (Å²) in [5.74, 6) is -1.37. The van der Waals surface area contributed by atoms with Crippen LogP contribution in [0.2, 0.25) is 0 Å². The van der Waals surface area contributed by atoms with Crippen molar-refractivity contribution in [3.05, 3.63) is 48.2 Å². The Kier molecular flexibility index (Phi) is 6.01. The van der Waals surface area contributed by atoms with Crippen molar-refractivity contribution in [1.82, 2.24) is 4.90 Å². The van der Waals surface area contributed by atoms with Crippen LogP contribution >= 0.6 is 0 Å². The number of ether oxygens (including phenoxy) is 1. The number of carbonyl (C=O) groups excluding carboxylic acids is 3. The predicted molar refractivity (Wildman–Crippen MR) is 110 cm³/mol. The first-order valence-corrected chi connectivity index (χ1v) is 10.6. The smallest absolute Gasteiger partial charge is 0.340 e. The van der Waals surface area contributed by atoms with Crippen molar-refractivity contribution >= 4 is 45.0 Å². The van der Waals surface area contributed by atoms with Crippen molar-refractivity contribution < 1.29 is 27.5 Å². The SMILES string of the molecule is CC(=O)Nc1ccc(NC(=O)[C@H](C)OC(=O)C2=CN3CCS(=O)(=O)N=C3C=C2)cc1. The van der Waals surface area contributed by atoms with Crippen LogP contribution in [-0.2, 0) is 29.1 Å². The number of anilines is 2. The van der Waals surface area contributed by atoms with Gasteiger partial charge in [-0.15, -0.1) is 4.40 Å². The van der Waals surface area contributed by atoms with Gasteiger partial charge in [0, 0.05) is 31.0 Å². The summed E-state index contributed by atoms with van der Waals surface area (Å²) in [6.07, 6.45) is 3.18. The molecule has 1 aromatic rings. The number of nitrogens with one attached hydrogen (secondary N) is 2. The lowest BCUT2D eigenvalue weighted by molar-refractivity contribution is -0.149. The summed E-state index contributed by atoms with van der Waals surface area (Å²) in [6, 6.07) is 6.47. The van der Waals surface area contributed by atoms with Gasteiger partial charge in [-0.3, -0.25) is 9.59 Å². The van der Waals surface area contributed by atoms with E-state index in [4.69, 9.17) is 4.74 Å². The molecule has 0 fully saturated rings. The van der Waals surface area contributed by atoms with E-state index in [-0.39, 0.29) is 29.6 Å². The molecule has 2 aliphatic heterocycles. The molecular weight excluding hydrogens is 412 g/mol. The highest BCUT2D eigenvalue weighted by Gasteiger charge is 2.27. The van der Waals surface area contributed by atoms with Gasteiger partial charge >= 0.3 is 5.97 Å². The lowest BCUT2D eigenvalue weighted by atomic mass is 10.2. The van der Waals surface area contributed by atoms with Crippen LogP contribution in [0.1, 0.15) is 13.8 Å². The highest BCUT2D eigenvalue weighted by atomic mass is 32.2. The second kappa shape index (κ2) is 8.49. The molecule has 2 heterocycles. The first-order chi connectivity index (χ1) is 14.1. The zero-order valence-electron chi connectivity index (χ0n) is 16.3. The Bertz CT molecular complexity index is 1070. The first kappa shape index (κ1) is 21.2. The molecule has 3 rings (SSSR count). The van der Waals surface area contributed by atoms with E-state index in [1.807, 2.05) is 0 Å². The fourth-order valence-electron chi connectivity index (χ4n) is 2.69. The molecule has 0 radical (unpaired) electrons. The Hall–Kier alpha value is -3.47. The maximum atomic E-state index is 12.4. The third-order valence-electron chi connectivity index (χ3n) is 4.19. The predicted octanol–water partition coefficient (Wildman–Crippen LogP) is 1.01. The number of nitrogens with zero attached hydrogens (tertiary/aromatic N) is 2. The molecule has 2 amide bonds. The number of amides is 2. The molecule has 11 heteroatoms. The third-order valence-corrected chi connectivity index (χ3v) is 5.35. The maximum absolute atomic E-state index is 12.4. The molecule has 30 heavy (non-hydrogen) atoms. The molecule has 0 saturated carbocycles. The molecule has 1 aromatic carbocycles. The molecule has 1 atom stereocenters. The van der Waals surface area contributed by atoms with E-state index >= 15 is 0 Å². The van der Waals surface area contributed by atoms with Crippen LogP contribution in [0.15, 0.2) is 52.6 Å². The average Bonchev–Trinajstić information content (AvgIpc) is 2.68. The summed E-state index contributed by atoms with van der Waals surface area (Å²) in [5.41, 5.74) is 1.24. The van der Waals surface area contributed by atoms with Crippen LogP contribution in [-0.4, -0.2) is 55.3 Å². The molecule has 0 aliphatic carbocycles. The van der Waals surface area contributed by atoms with Gasteiger partial charge in [0.05, 0.1) is 11.3 Å². The van der Waals surface area contributed by atoms with Gasteiger partial charge in [0.1, 0.15) is 5.84 Å². The Balaban J connectivity index is 1.58. The molecule has 0 saturated heterocycles. The molecule has 0 aromatic heterocycles. The zero-order valence-corrected chi connectivity index (χ0v) is 17.1. The highest BCUT2D eigenvalue weighted by molar-refractivity contribution is 7.90. The molecule has 0 bridgehead atoms. The summed E-state index contributed by atoms with van der Waals surface area (Å²) >= 11 is 0. The van der Waals surface area contributed by atoms with E-state index in [1.165, 1.54) is 32.2 Å². The van der Waals surface area contributed by atoms with Crippen LogP contribution in [0.25, 0.3) is 0 Å². The molecule has 2 aliphatic rings. The van der Waals surface area contributed by atoms with Crippen molar-refractivity contribution in [2.24, 2.45) is 4.40 Å². The third kappa shape index (κ3) is 5.32. The first-order valence-electron chi connectivity index (χ1n) is 9.02. The van der Waals surface area contributed by atoms with Crippen molar-refractivity contribution in [2.75, 3.05) is 22.9 Å². The standard InChI is InChI=1S/C19H20N4O6S/c1-12(18(25)21-16-6-4-15(5-7-16)20-13(2)24)29-19(26)14-3-8-17-22-30(27,28)10-9-23(17)11-14/h3-8,11-12H,9-10H2,1-2H3,(H,20,24)(H,21,25)/t12-/m0/s1. The molecule has 158 valence electrons. The normalized spacial score (nSPS) is 17.7. The van der Waals surface area contributed by atoms with Gasteiger partial charge in [-0.05, 0) is 43.3 Å². The fraction of sp³-hybridized carbons (Fsp3) is 0.263. The number of carbonyl (C=O) groups is 3. The van der Waals surface area contributed by atoms with E-state index in [2.05, 4.69) is 15.0 Å². The number of esters is 1. The topological polar surface area (TPSA) is 134 Å². The summed E-state index contributed by atoms with van der Waals surface area (Å²) < 4.78 is 31.9. The van der Waals surface area contributed by atoms with Crippen molar-refractivity contribution in [3.63, 3.8) is 0 Å². The lowest BCUT2D eigenvalue weighted by Crippen LogP contribution is -2.37. The average molecular weight is 432 g/mol. The van der Waals surface area contributed by atoms with E-state index in [1.54, 1.807) is 29.2 Å². The minimum Gasteiger partial charge on any atom is -0.449 e. The Labute approximate surface area is 173 Å². The van der Waals surface area contributed by atoms with Gasteiger partial charge in [-0.1, -0.05) is 0 Å². The van der Waals surface area contributed by atoms with E-state index in [0.717, 1.165) is 0 Å². The number of hydrogen-bond acceptors (Lipinski definition) is 7. The van der Waals surface area contributed by atoms with Gasteiger partial charge in [0.15, 0.2) is 6.10 Å². The maximum Gasteiger partial charge on any atom is 0.340 e. The van der Waals surface area contributed by atoms with Crippen LogP contribution in [0.4, 0.5) is 11.4 Å². The molecule has 0 spiro atoms. The molecule has 10 nitrogen and oxygen atoms in total. The van der Waals surface area contributed by atoms with Crippen LogP contribution in [0.3, 0.4) is 0 Å². The second-order valence-electron chi connectivity index (χ2n) is 6.64. The molecule has 0 unspecified atom stereocenters. The van der Waals surface area contributed by atoms with Gasteiger partial charge in [-0.25, -0.2) is 13.2 Å². The minimum atomic E-state index is -3.48. The summed E-state index contributed by atoms with van der Waals surface area (Å²) in [7, 11) is -3.48. The van der Waals surface area contributed by atoms with Crippen LogP contribution < -0.4 is 10.6 Å². The Morgan fingerprint density at radius 3 is 2.37 bits per heavy atom. The number of benzene rings is 1. The van der Waals surface area contributed by atoms with E-state index < -0.39 is 28.0 Å². The summed E-state index contributed by atoms with van der Waals surface area (Å²) in [4.78, 5) is 37.2. The quantitative estimate of drug-likeness (QED) is 0.663. The van der Waals surface area contributed by atoms with Gasteiger partial charge in [0.2, 0.25) is 5.91 Å². The van der Waals surface area contributed by atoms with Crippen LogP contribution in [0, 0.1) is 0 Å². The van der Waals surface area contributed by atoms with Crippen molar-refractivity contribution in [1.29, 1.82) is 0 Å². The van der Waals surface area contributed by atoms with Gasteiger partial charge in [-0.2, -0.15) is 0 Å². The minimum absolute atomic E-state index is 0.150. The Morgan fingerprint density at radius 2 is 1.73 bits per heavy atom. The monoisotopic (exact) mass is 432 g/mol. The second-order valence-corrected chi connectivity index (χ2v) is 8.40. The van der Waals surface area contributed by atoms with Crippen molar-refractivity contribution in [2.45, 2.75) is 20.0 Å². The molecular formula is C19H20N4O6S. The zero-order chi connectivity index (χ0) is 21.9. The number of sulfonamides is 1. The fourth-order valence-corrected chi connectivity index (χ4v) is 3.66. The number of hydrogen-bond donors (Lipinski definition) is 2. The van der Waals surface area contributed by atoms with Crippen LogP contribution in [0.5, 0.6) is 0 Å². The lowest BCUT2D eigenvalue weighted by Gasteiger charge is -2.27. The number of rotatable bonds is 5. The number of amidine groups is 1. The van der Waals surface area contributed by atoms with Gasteiger partial charge in [0.25, 0.3) is 15.9 Å². The summed E-state index contributed by atoms with van der Waals surface area (Å²) in [5, 5.41) is 5.24. The molecule has 2 N–H and O–H groups in total.